The molecule has 0 aliphatic heterocycles. The van der Waals surface area contributed by atoms with Gasteiger partial charge in [-0.1, -0.05) is 104 Å². The molecule has 0 saturated carbocycles. The van der Waals surface area contributed by atoms with Gasteiger partial charge in [-0.3, -0.25) is 0 Å². The smallest absolute Gasteiger partial charge is 0.330 e. The van der Waals surface area contributed by atoms with E-state index in [1.165, 1.54) is 0 Å². The quantitative estimate of drug-likeness (QED) is 0.0682. The van der Waals surface area contributed by atoms with Crippen molar-refractivity contribution < 1.29 is 38.0 Å². The topological polar surface area (TPSA) is 89.5 Å². The van der Waals surface area contributed by atoms with Crippen molar-refractivity contribution in [2.45, 2.75) is 12.2 Å². The number of ether oxygens (including phenoxy) is 6. The predicted octanol–water partition coefficient (Wildman–Crippen LogP) is 8.13. The Morgan fingerprint density at radius 3 is 1.12 bits per heavy atom. The summed E-state index contributed by atoms with van der Waals surface area (Å²) in [6.45, 7) is 7.12. The minimum absolute atomic E-state index is 0.0108. The first-order valence-electron chi connectivity index (χ1n) is 16.1. The summed E-state index contributed by atoms with van der Waals surface area (Å²) >= 11 is 0. The van der Waals surface area contributed by atoms with E-state index in [0.717, 1.165) is 34.4 Å². The van der Waals surface area contributed by atoms with Gasteiger partial charge in [-0.05, 0) is 58.7 Å². The molecule has 0 radical (unpaired) electrons. The third kappa shape index (κ3) is 10.9. The fraction of sp³-hybridized carbons (Fsp3) is 0.143. The predicted molar refractivity (Wildman–Crippen MR) is 192 cm³/mol. The van der Waals surface area contributed by atoms with E-state index in [0.29, 0.717) is 23.0 Å². The normalized spacial score (nSPS) is 11.7. The van der Waals surface area contributed by atoms with Crippen LogP contribution in [-0.2, 0) is 19.1 Å². The van der Waals surface area contributed by atoms with Crippen LogP contribution in [0.3, 0.4) is 0 Å². The Balaban J connectivity index is 1.17. The molecule has 0 spiro atoms. The molecule has 0 bridgehead atoms. The molecule has 254 valence electrons. The van der Waals surface area contributed by atoms with E-state index in [1.807, 2.05) is 109 Å². The maximum absolute atomic E-state index is 12.1. The molecule has 0 amide bonds. The van der Waals surface area contributed by atoms with E-state index in [-0.39, 0.29) is 26.4 Å². The summed E-state index contributed by atoms with van der Waals surface area (Å²) in [6.07, 6.45) is 0.726. The zero-order valence-electron chi connectivity index (χ0n) is 27.5. The van der Waals surface area contributed by atoms with Crippen LogP contribution in [0.5, 0.6) is 23.0 Å². The van der Waals surface area contributed by atoms with Crippen molar-refractivity contribution in [2.75, 3.05) is 26.4 Å². The van der Waals surface area contributed by atoms with Crippen molar-refractivity contribution in [1.29, 1.82) is 0 Å². The summed E-state index contributed by atoms with van der Waals surface area (Å²) in [5.74, 6) is 1.02. The molecule has 0 N–H and O–H groups in total. The second-order valence-electron chi connectivity index (χ2n) is 11.0. The van der Waals surface area contributed by atoms with Crippen LogP contribution in [0.4, 0.5) is 0 Å². The average molecular weight is 671 g/mol. The van der Waals surface area contributed by atoms with Gasteiger partial charge in [-0.2, -0.15) is 0 Å². The van der Waals surface area contributed by atoms with Gasteiger partial charge in [0.25, 0.3) is 0 Å². The summed E-state index contributed by atoms with van der Waals surface area (Å²) in [5, 5.41) is 0. The fourth-order valence-corrected chi connectivity index (χ4v) is 4.86. The highest BCUT2D eigenvalue weighted by atomic mass is 16.6. The van der Waals surface area contributed by atoms with Crippen LogP contribution >= 0.6 is 0 Å². The van der Waals surface area contributed by atoms with Crippen molar-refractivity contribution in [2.24, 2.45) is 0 Å². The summed E-state index contributed by atoms with van der Waals surface area (Å²) < 4.78 is 35.0. The zero-order chi connectivity index (χ0) is 35.0. The fourth-order valence-electron chi connectivity index (χ4n) is 4.86. The van der Waals surface area contributed by atoms with E-state index in [4.69, 9.17) is 28.4 Å². The molecule has 5 aromatic rings. The Labute approximate surface area is 292 Å². The summed E-state index contributed by atoms with van der Waals surface area (Å²) in [7, 11) is 0. The highest BCUT2D eigenvalue weighted by molar-refractivity contribution is 5.81. The number of carbonyl (C=O) groups excluding carboxylic acids is 2. The lowest BCUT2D eigenvalue weighted by molar-refractivity contribution is -0.146. The van der Waals surface area contributed by atoms with Gasteiger partial charge >= 0.3 is 11.9 Å². The second kappa shape index (κ2) is 18.3. The van der Waals surface area contributed by atoms with Crippen LogP contribution in [0.2, 0.25) is 0 Å². The van der Waals surface area contributed by atoms with E-state index < -0.39 is 24.1 Å². The molecule has 8 nitrogen and oxygen atoms in total. The Kier molecular flexibility index (Phi) is 12.8. The molecule has 5 rings (SSSR count). The average Bonchev–Trinajstić information content (AvgIpc) is 3.17. The largest absolute Gasteiger partial charge is 0.490 e. The molecule has 0 heterocycles. The van der Waals surface area contributed by atoms with Gasteiger partial charge in [0.1, 0.15) is 49.4 Å². The van der Waals surface area contributed by atoms with Crippen LogP contribution in [0, 0.1) is 0 Å². The highest BCUT2D eigenvalue weighted by Gasteiger charge is 2.18. The van der Waals surface area contributed by atoms with Gasteiger partial charge in [-0.15, -0.1) is 0 Å². The van der Waals surface area contributed by atoms with E-state index >= 15 is 0 Å². The molecule has 0 aliphatic carbocycles. The zero-order valence-corrected chi connectivity index (χ0v) is 27.5. The van der Waals surface area contributed by atoms with Crippen molar-refractivity contribution >= 4 is 11.9 Å². The first kappa shape index (κ1) is 35.0. The number of benzene rings is 5. The van der Waals surface area contributed by atoms with Gasteiger partial charge < -0.3 is 28.4 Å². The van der Waals surface area contributed by atoms with Crippen molar-refractivity contribution in [3.63, 3.8) is 0 Å². The second-order valence-corrected chi connectivity index (χ2v) is 11.0. The maximum Gasteiger partial charge on any atom is 0.330 e. The molecule has 2 unspecified atom stereocenters. The lowest BCUT2D eigenvalue weighted by atomic mass is 10.1. The van der Waals surface area contributed by atoms with Crippen molar-refractivity contribution in [1.82, 2.24) is 0 Å². The van der Waals surface area contributed by atoms with Crippen molar-refractivity contribution in [3.8, 4) is 45.3 Å². The Hall–Kier alpha value is -6.28. The van der Waals surface area contributed by atoms with Crippen LogP contribution in [0.15, 0.2) is 159 Å². The van der Waals surface area contributed by atoms with E-state index in [2.05, 4.69) is 13.2 Å². The minimum Gasteiger partial charge on any atom is -0.490 e. The number of hydrogen-bond acceptors (Lipinski definition) is 8. The number of hydrogen-bond donors (Lipinski definition) is 0. The summed E-state index contributed by atoms with van der Waals surface area (Å²) in [6, 6.07) is 42.2. The van der Waals surface area contributed by atoms with Crippen LogP contribution in [0.1, 0.15) is 0 Å². The first-order chi connectivity index (χ1) is 24.5. The van der Waals surface area contributed by atoms with Crippen molar-refractivity contribution in [3.05, 3.63) is 159 Å². The molecule has 0 saturated heterocycles. The lowest BCUT2D eigenvalue weighted by Crippen LogP contribution is -2.31. The highest BCUT2D eigenvalue weighted by Crippen LogP contribution is 2.26. The van der Waals surface area contributed by atoms with Gasteiger partial charge in [0.05, 0.1) is 0 Å². The van der Waals surface area contributed by atoms with E-state index in [9.17, 15) is 9.59 Å². The van der Waals surface area contributed by atoms with Gasteiger partial charge in [0.15, 0.2) is 12.2 Å². The molecule has 8 heteroatoms. The Bertz CT molecular complexity index is 1720. The Morgan fingerprint density at radius 1 is 0.440 bits per heavy atom. The summed E-state index contributed by atoms with van der Waals surface area (Å²) in [4.78, 5) is 24.2. The minimum atomic E-state index is -0.731. The molecule has 0 aromatic heterocycles. The maximum atomic E-state index is 12.1. The van der Waals surface area contributed by atoms with Crippen LogP contribution < -0.4 is 18.9 Å². The van der Waals surface area contributed by atoms with Crippen LogP contribution in [-0.4, -0.2) is 50.6 Å². The van der Waals surface area contributed by atoms with Crippen LogP contribution in [0.25, 0.3) is 22.3 Å². The van der Waals surface area contributed by atoms with E-state index in [1.54, 1.807) is 24.3 Å². The number of carbonyl (C=O) groups is 2. The molecule has 5 aromatic carbocycles. The van der Waals surface area contributed by atoms with Gasteiger partial charge in [-0.25, -0.2) is 9.59 Å². The summed E-state index contributed by atoms with van der Waals surface area (Å²) in [5.41, 5.74) is 4.12. The van der Waals surface area contributed by atoms with Gasteiger partial charge in [0.2, 0.25) is 0 Å². The molecular weight excluding hydrogens is 632 g/mol. The molecule has 0 aliphatic rings. The molecule has 50 heavy (non-hydrogen) atoms. The number of esters is 2. The third-order valence-electron chi connectivity index (χ3n) is 7.33. The van der Waals surface area contributed by atoms with Gasteiger partial charge in [0, 0.05) is 18.2 Å². The first-order valence-corrected chi connectivity index (χ1v) is 16.1. The SMILES string of the molecule is C=CC(=O)OC(COc1cccc(OCC(COc2cccc(-c3ccccc3)c2)OC(=O)C=C)c1)COc1cccc(-c2ccccc2)c1. The molecule has 2 atom stereocenters. The Morgan fingerprint density at radius 2 is 0.760 bits per heavy atom. The third-order valence-corrected chi connectivity index (χ3v) is 7.33. The monoisotopic (exact) mass is 670 g/mol. The molecular formula is C42H38O8. The standard InChI is InChI=1S/C42H38O8/c1-3-41(43)49-39(27-45-35-20-11-18-33(24-35)31-14-7-5-8-15-31)29-47-37-22-13-23-38(26-37)48-30-40(50-42(44)4-2)28-46-36-21-12-19-34(25-36)32-16-9-6-10-17-32/h3-26,39-40H,1-2,27-30H2. The lowest BCUT2D eigenvalue weighted by Gasteiger charge is -2.20. The molecule has 0 fully saturated rings. The number of rotatable bonds is 18.